The Morgan fingerprint density at radius 2 is 2.26 bits per heavy atom. The molecule has 0 atom stereocenters. The van der Waals surface area contributed by atoms with Crippen molar-refractivity contribution in [1.82, 2.24) is 10.3 Å². The smallest absolute Gasteiger partial charge is 0.145 e. The van der Waals surface area contributed by atoms with Gasteiger partial charge < -0.3 is 10.5 Å². The third-order valence-corrected chi connectivity index (χ3v) is 2.38. The van der Waals surface area contributed by atoms with Crippen LogP contribution in [0.3, 0.4) is 0 Å². The highest BCUT2D eigenvalue weighted by Gasteiger charge is 2.08. The first-order valence-electron chi connectivity index (χ1n) is 5.60. The predicted octanol–water partition coefficient (Wildman–Crippen LogP) is 1.41. The molecule has 0 aliphatic rings. The minimum absolute atomic E-state index is 0.135. The van der Waals surface area contributed by atoms with Crippen LogP contribution in [0.15, 0.2) is 22.8 Å². The first kappa shape index (κ1) is 13.1. The predicted molar refractivity (Wildman–Crippen MR) is 65.7 cm³/mol. The van der Waals surface area contributed by atoms with Gasteiger partial charge in [0.05, 0.1) is 12.1 Å². The Morgan fingerprint density at radius 3 is 2.95 bits per heavy atom. The number of hydrogen-bond acceptors (Lipinski definition) is 5. The van der Waals surface area contributed by atoms with Crippen LogP contribution < -0.4 is 10.5 Å². The summed E-state index contributed by atoms with van der Waals surface area (Å²) in [6.45, 7) is 2.11. The molecule has 0 saturated carbocycles. The van der Waals surface area contributed by atoms with Crippen LogP contribution in [0.2, 0.25) is 0 Å². The summed E-state index contributed by atoms with van der Waals surface area (Å²) < 4.78 is 23.3. The van der Waals surface area contributed by atoms with E-state index in [2.05, 4.69) is 26.8 Å². The fourth-order valence-electron chi connectivity index (χ4n) is 1.39. The van der Waals surface area contributed by atoms with Crippen LogP contribution in [-0.4, -0.2) is 16.9 Å². The Kier molecular flexibility index (Phi) is 4.11. The van der Waals surface area contributed by atoms with Gasteiger partial charge in [0.1, 0.15) is 29.6 Å². The Labute approximate surface area is 109 Å². The van der Waals surface area contributed by atoms with Gasteiger partial charge >= 0.3 is 0 Å². The van der Waals surface area contributed by atoms with Gasteiger partial charge in [0, 0.05) is 6.07 Å². The van der Waals surface area contributed by atoms with Gasteiger partial charge in [0.2, 0.25) is 0 Å². The fourth-order valence-corrected chi connectivity index (χ4v) is 1.39. The van der Waals surface area contributed by atoms with Crippen LogP contribution in [0.25, 0.3) is 0 Å². The van der Waals surface area contributed by atoms with Crippen molar-refractivity contribution in [1.29, 1.82) is 0 Å². The van der Waals surface area contributed by atoms with Gasteiger partial charge in [0.25, 0.3) is 0 Å². The molecular weight excluding hydrogens is 249 g/mol. The third-order valence-electron chi connectivity index (χ3n) is 2.38. The van der Waals surface area contributed by atoms with Crippen LogP contribution in [0.4, 0.5) is 4.39 Å². The van der Waals surface area contributed by atoms with E-state index in [-0.39, 0.29) is 13.2 Å². The fraction of sp³-hybridized carbons (Fsp3) is 0.231. The van der Waals surface area contributed by atoms with Gasteiger partial charge in [-0.25, -0.2) is 9.02 Å². The molecule has 0 amide bonds. The molecule has 0 aliphatic heterocycles. The summed E-state index contributed by atoms with van der Waals surface area (Å²) in [7, 11) is 0. The van der Waals surface area contributed by atoms with E-state index in [1.807, 2.05) is 0 Å². The normalized spacial score (nSPS) is 9.84. The molecule has 0 unspecified atom stereocenters. The molecule has 0 bridgehead atoms. The van der Waals surface area contributed by atoms with Crippen LogP contribution in [0.1, 0.15) is 17.0 Å². The first-order valence-corrected chi connectivity index (χ1v) is 5.60. The lowest BCUT2D eigenvalue weighted by atomic mass is 10.2. The molecule has 98 valence electrons. The van der Waals surface area contributed by atoms with E-state index in [1.54, 1.807) is 13.0 Å². The zero-order valence-corrected chi connectivity index (χ0v) is 10.3. The number of halogens is 1. The molecule has 2 aromatic rings. The number of hydrogen-bond donors (Lipinski definition) is 1. The summed E-state index contributed by atoms with van der Waals surface area (Å²) in [6, 6.07) is 4.13. The Hall–Kier alpha value is -2.39. The average molecular weight is 261 g/mol. The van der Waals surface area contributed by atoms with Gasteiger partial charge in [-0.15, -0.1) is 0 Å². The molecule has 1 heterocycles. The van der Waals surface area contributed by atoms with E-state index >= 15 is 0 Å². The number of nitrogens with two attached hydrogens (primary N) is 1. The largest absolute Gasteiger partial charge is 0.486 e. The molecule has 0 fully saturated rings. The van der Waals surface area contributed by atoms with Gasteiger partial charge in [-0.05, 0) is 19.1 Å². The number of ether oxygens (including phenoxy) is 1. The zero-order valence-electron chi connectivity index (χ0n) is 10.3. The molecule has 0 radical (unpaired) electrons. The molecule has 6 heteroatoms. The summed E-state index contributed by atoms with van der Waals surface area (Å²) in [4.78, 5) is 0. The van der Waals surface area contributed by atoms with Gasteiger partial charge in [-0.1, -0.05) is 22.2 Å². The van der Waals surface area contributed by atoms with Crippen molar-refractivity contribution in [2.45, 2.75) is 13.5 Å². The van der Waals surface area contributed by atoms with Crippen molar-refractivity contribution in [2.75, 3.05) is 6.54 Å². The molecule has 0 spiro atoms. The second kappa shape index (κ2) is 5.98. The Morgan fingerprint density at radius 1 is 1.42 bits per heavy atom. The molecule has 1 aromatic heterocycles. The summed E-state index contributed by atoms with van der Waals surface area (Å²) >= 11 is 0. The molecule has 2 rings (SSSR count). The lowest BCUT2D eigenvalue weighted by Crippen LogP contribution is -2.00. The topological polar surface area (TPSA) is 74.2 Å². The van der Waals surface area contributed by atoms with Crippen molar-refractivity contribution >= 4 is 0 Å². The number of aryl methyl sites for hydroxylation is 1. The molecule has 2 N–H and O–H groups in total. The lowest BCUT2D eigenvalue weighted by molar-refractivity contribution is 0.269. The maximum atomic E-state index is 13.2. The Bertz CT molecular complexity index is 628. The van der Waals surface area contributed by atoms with E-state index < -0.39 is 5.82 Å². The van der Waals surface area contributed by atoms with Gasteiger partial charge in [0.15, 0.2) is 0 Å². The number of aromatic nitrogens is 2. The van der Waals surface area contributed by atoms with Crippen molar-refractivity contribution in [3.63, 3.8) is 0 Å². The van der Waals surface area contributed by atoms with E-state index in [4.69, 9.17) is 10.5 Å². The summed E-state index contributed by atoms with van der Waals surface area (Å²) in [5.74, 6) is 5.45. The van der Waals surface area contributed by atoms with Crippen molar-refractivity contribution in [3.05, 3.63) is 41.0 Å². The lowest BCUT2D eigenvalue weighted by Gasteiger charge is -2.06. The van der Waals surface area contributed by atoms with Gasteiger partial charge in [-0.3, -0.25) is 0 Å². The van der Waals surface area contributed by atoms with Crippen molar-refractivity contribution in [2.24, 2.45) is 5.73 Å². The maximum Gasteiger partial charge on any atom is 0.145 e. The van der Waals surface area contributed by atoms with Crippen molar-refractivity contribution in [3.8, 4) is 17.6 Å². The molecule has 0 saturated heterocycles. The monoisotopic (exact) mass is 261 g/mol. The first-order chi connectivity index (χ1) is 9.20. The minimum Gasteiger partial charge on any atom is -0.486 e. The number of nitrogens with zero attached hydrogens (tertiary/aromatic N) is 2. The summed E-state index contributed by atoms with van der Waals surface area (Å²) in [5, 5.41) is 7.32. The minimum atomic E-state index is -0.400. The average Bonchev–Trinajstić information content (AvgIpc) is 2.81. The Balaban J connectivity index is 2.18. The molecule has 5 nitrogen and oxygen atoms in total. The molecule has 19 heavy (non-hydrogen) atoms. The molecule has 1 aromatic carbocycles. The SMILES string of the molecule is Cc1nonc1COc1cc(F)ccc1C#CCN. The highest BCUT2D eigenvalue weighted by molar-refractivity contribution is 5.46. The van der Waals surface area contributed by atoms with E-state index in [0.29, 0.717) is 22.7 Å². The second-order valence-corrected chi connectivity index (χ2v) is 3.73. The quantitative estimate of drug-likeness (QED) is 0.845. The van der Waals surface area contributed by atoms with Crippen LogP contribution in [-0.2, 0) is 6.61 Å². The third kappa shape index (κ3) is 3.30. The maximum absolute atomic E-state index is 13.2. The zero-order chi connectivity index (χ0) is 13.7. The summed E-state index contributed by atoms with van der Waals surface area (Å²) in [6.07, 6.45) is 0. The van der Waals surface area contributed by atoms with Gasteiger partial charge in [-0.2, -0.15) is 0 Å². The second-order valence-electron chi connectivity index (χ2n) is 3.73. The number of rotatable bonds is 3. The van der Waals surface area contributed by atoms with Crippen LogP contribution in [0, 0.1) is 24.6 Å². The highest BCUT2D eigenvalue weighted by Crippen LogP contribution is 2.20. The standard InChI is InChI=1S/C13H12FN3O2/c1-9-12(17-19-16-9)8-18-13-7-11(14)5-4-10(13)3-2-6-15/h4-5,7H,6,8,15H2,1H3. The molecule has 0 aliphatic carbocycles. The molecular formula is C13H12FN3O2. The number of benzene rings is 1. The van der Waals surface area contributed by atoms with E-state index in [1.165, 1.54) is 12.1 Å². The van der Waals surface area contributed by atoms with Crippen LogP contribution >= 0.6 is 0 Å². The van der Waals surface area contributed by atoms with E-state index in [9.17, 15) is 4.39 Å². The van der Waals surface area contributed by atoms with Crippen molar-refractivity contribution < 1.29 is 13.8 Å². The summed E-state index contributed by atoms with van der Waals surface area (Å²) in [5.41, 5.74) is 7.07. The van der Waals surface area contributed by atoms with E-state index in [0.717, 1.165) is 0 Å². The van der Waals surface area contributed by atoms with Crippen LogP contribution in [0.5, 0.6) is 5.75 Å². The highest BCUT2D eigenvalue weighted by atomic mass is 19.1.